The predicted octanol–water partition coefficient (Wildman–Crippen LogP) is 1.40. The zero-order valence-corrected chi connectivity index (χ0v) is 11.5. The topological polar surface area (TPSA) is 71.0 Å². The zero-order valence-electron chi connectivity index (χ0n) is 10.7. The summed E-state index contributed by atoms with van der Waals surface area (Å²) in [6, 6.07) is 0.225. The molecular formula is C10H17N5OS. The van der Waals surface area contributed by atoms with E-state index in [0.717, 1.165) is 0 Å². The van der Waals surface area contributed by atoms with Gasteiger partial charge in [-0.05, 0) is 20.1 Å². The van der Waals surface area contributed by atoms with Crippen LogP contribution in [0, 0.1) is 0 Å². The van der Waals surface area contributed by atoms with Crippen molar-refractivity contribution >= 4 is 29.6 Å². The van der Waals surface area contributed by atoms with Crippen molar-refractivity contribution in [3.8, 4) is 0 Å². The fraction of sp³-hybridized carbons (Fsp3) is 0.600. The van der Waals surface area contributed by atoms with Crippen molar-refractivity contribution in [1.29, 1.82) is 0 Å². The normalized spacial score (nSPS) is 10.5. The molecule has 1 N–H and O–H groups in total. The fourth-order valence-electron chi connectivity index (χ4n) is 1.05. The van der Waals surface area contributed by atoms with E-state index in [-0.39, 0.29) is 11.9 Å². The van der Waals surface area contributed by atoms with Crippen molar-refractivity contribution in [1.82, 2.24) is 15.0 Å². The number of hydrogen-bond donors (Lipinski definition) is 1. The van der Waals surface area contributed by atoms with Crippen LogP contribution < -0.4 is 10.2 Å². The lowest BCUT2D eigenvalue weighted by molar-refractivity contribution is -0.116. The standard InChI is InChI=1S/C10H17N5OS/c1-6(2)11-8-12-9(15(4)7(3)16)14-10(13-8)17-5/h6H,1-5H3,(H,11,12,13,14). The molecule has 0 aliphatic carbocycles. The summed E-state index contributed by atoms with van der Waals surface area (Å²) in [5.41, 5.74) is 0. The van der Waals surface area contributed by atoms with Gasteiger partial charge in [-0.2, -0.15) is 15.0 Å². The molecule has 0 unspecified atom stereocenters. The Morgan fingerprint density at radius 3 is 2.47 bits per heavy atom. The summed E-state index contributed by atoms with van der Waals surface area (Å²) in [5, 5.41) is 3.69. The number of nitrogens with zero attached hydrogens (tertiary/aromatic N) is 4. The Morgan fingerprint density at radius 2 is 2.00 bits per heavy atom. The second-order valence-corrected chi connectivity index (χ2v) is 4.60. The van der Waals surface area contributed by atoms with E-state index in [1.165, 1.54) is 23.6 Å². The highest BCUT2D eigenvalue weighted by molar-refractivity contribution is 7.98. The Labute approximate surface area is 105 Å². The van der Waals surface area contributed by atoms with Crippen molar-refractivity contribution in [2.75, 3.05) is 23.5 Å². The molecule has 0 saturated heterocycles. The molecule has 1 amide bonds. The van der Waals surface area contributed by atoms with Crippen LogP contribution in [0.4, 0.5) is 11.9 Å². The average molecular weight is 255 g/mol. The minimum Gasteiger partial charge on any atom is -0.352 e. The van der Waals surface area contributed by atoms with Gasteiger partial charge in [-0.3, -0.25) is 9.69 Å². The molecule has 0 aliphatic heterocycles. The lowest BCUT2D eigenvalue weighted by atomic mass is 10.4. The van der Waals surface area contributed by atoms with Crippen LogP contribution in [0.1, 0.15) is 20.8 Å². The Kier molecular flexibility index (Phi) is 4.68. The molecule has 7 heteroatoms. The Bertz CT molecular complexity index is 410. The summed E-state index contributed by atoms with van der Waals surface area (Å²) in [5.74, 6) is 0.737. The monoisotopic (exact) mass is 255 g/mol. The minimum absolute atomic E-state index is 0.112. The second-order valence-electron chi connectivity index (χ2n) is 3.82. The third kappa shape index (κ3) is 3.85. The summed E-state index contributed by atoms with van der Waals surface area (Å²) >= 11 is 1.41. The number of hydrogen-bond acceptors (Lipinski definition) is 6. The maximum Gasteiger partial charge on any atom is 0.237 e. The zero-order chi connectivity index (χ0) is 13.0. The summed E-state index contributed by atoms with van der Waals surface area (Å²) in [7, 11) is 1.64. The van der Waals surface area contributed by atoms with Crippen LogP contribution in [0.25, 0.3) is 0 Å². The van der Waals surface area contributed by atoms with Crippen LogP contribution in [-0.4, -0.2) is 40.2 Å². The molecule has 0 aromatic carbocycles. The molecule has 17 heavy (non-hydrogen) atoms. The molecular weight excluding hydrogens is 238 g/mol. The van der Waals surface area contributed by atoms with Gasteiger partial charge in [-0.1, -0.05) is 11.8 Å². The number of rotatable bonds is 4. The molecule has 6 nitrogen and oxygen atoms in total. The van der Waals surface area contributed by atoms with Gasteiger partial charge in [0.05, 0.1) is 0 Å². The highest BCUT2D eigenvalue weighted by atomic mass is 32.2. The first-order valence-corrected chi connectivity index (χ1v) is 6.47. The number of carbonyl (C=O) groups excluding carboxylic acids is 1. The molecule has 0 aliphatic rings. The van der Waals surface area contributed by atoms with E-state index < -0.39 is 0 Å². The van der Waals surface area contributed by atoms with Crippen LogP contribution in [0.5, 0.6) is 0 Å². The molecule has 1 rings (SSSR count). The summed E-state index contributed by atoms with van der Waals surface area (Å²) in [6.07, 6.45) is 1.88. The lowest BCUT2D eigenvalue weighted by Crippen LogP contribution is -2.26. The highest BCUT2D eigenvalue weighted by Gasteiger charge is 2.13. The molecule has 0 atom stereocenters. The molecule has 0 bridgehead atoms. The van der Waals surface area contributed by atoms with Gasteiger partial charge in [0, 0.05) is 20.0 Å². The average Bonchev–Trinajstić information content (AvgIpc) is 2.26. The number of carbonyl (C=O) groups is 1. The molecule has 1 aromatic heterocycles. The summed E-state index contributed by atoms with van der Waals surface area (Å²) in [6.45, 7) is 5.46. The molecule has 0 spiro atoms. The molecule has 1 aromatic rings. The highest BCUT2D eigenvalue weighted by Crippen LogP contribution is 2.16. The molecule has 0 fully saturated rings. The first-order chi connectivity index (χ1) is 7.93. The van der Waals surface area contributed by atoms with E-state index in [9.17, 15) is 4.79 Å². The maximum atomic E-state index is 11.3. The van der Waals surface area contributed by atoms with Gasteiger partial charge in [0.1, 0.15) is 0 Å². The molecule has 0 radical (unpaired) electrons. The van der Waals surface area contributed by atoms with E-state index in [4.69, 9.17) is 0 Å². The van der Waals surface area contributed by atoms with Crippen molar-refractivity contribution < 1.29 is 4.79 Å². The van der Waals surface area contributed by atoms with Crippen LogP contribution in [-0.2, 0) is 4.79 Å². The van der Waals surface area contributed by atoms with E-state index >= 15 is 0 Å². The van der Waals surface area contributed by atoms with Gasteiger partial charge >= 0.3 is 0 Å². The molecule has 94 valence electrons. The van der Waals surface area contributed by atoms with Gasteiger partial charge in [0.15, 0.2) is 5.16 Å². The van der Waals surface area contributed by atoms with Crippen molar-refractivity contribution in [2.24, 2.45) is 0 Å². The summed E-state index contributed by atoms with van der Waals surface area (Å²) < 4.78 is 0. The quantitative estimate of drug-likeness (QED) is 0.820. The smallest absolute Gasteiger partial charge is 0.237 e. The SMILES string of the molecule is CSc1nc(NC(C)C)nc(N(C)C(C)=O)n1. The van der Waals surface area contributed by atoms with Crippen molar-refractivity contribution in [2.45, 2.75) is 32.0 Å². The maximum absolute atomic E-state index is 11.3. The number of nitrogens with one attached hydrogen (secondary N) is 1. The minimum atomic E-state index is -0.112. The Hall–Kier alpha value is -1.37. The fourth-order valence-corrected chi connectivity index (χ4v) is 1.40. The number of thioether (sulfide) groups is 1. The number of anilines is 2. The first kappa shape index (κ1) is 13.7. The van der Waals surface area contributed by atoms with Crippen LogP contribution in [0.15, 0.2) is 5.16 Å². The van der Waals surface area contributed by atoms with E-state index in [1.807, 2.05) is 20.1 Å². The van der Waals surface area contributed by atoms with E-state index in [1.54, 1.807) is 7.05 Å². The predicted molar refractivity (Wildman–Crippen MR) is 69.5 cm³/mol. The molecule has 0 saturated carbocycles. The van der Waals surface area contributed by atoms with E-state index in [2.05, 4.69) is 20.3 Å². The van der Waals surface area contributed by atoms with Gasteiger partial charge in [-0.15, -0.1) is 0 Å². The van der Waals surface area contributed by atoms with Crippen molar-refractivity contribution in [3.63, 3.8) is 0 Å². The van der Waals surface area contributed by atoms with Crippen LogP contribution >= 0.6 is 11.8 Å². The largest absolute Gasteiger partial charge is 0.352 e. The number of aromatic nitrogens is 3. The second kappa shape index (κ2) is 5.81. The lowest BCUT2D eigenvalue weighted by Gasteiger charge is -2.15. The van der Waals surface area contributed by atoms with Crippen molar-refractivity contribution in [3.05, 3.63) is 0 Å². The van der Waals surface area contributed by atoms with E-state index in [0.29, 0.717) is 17.1 Å². The third-order valence-corrected chi connectivity index (χ3v) is 2.52. The summed E-state index contributed by atoms with van der Waals surface area (Å²) in [4.78, 5) is 25.3. The first-order valence-electron chi connectivity index (χ1n) is 5.25. The third-order valence-electron chi connectivity index (χ3n) is 1.98. The van der Waals surface area contributed by atoms with Gasteiger partial charge in [0.25, 0.3) is 0 Å². The Balaban J connectivity index is 3.08. The molecule has 1 heterocycles. The van der Waals surface area contributed by atoms with Gasteiger partial charge in [0.2, 0.25) is 17.8 Å². The van der Waals surface area contributed by atoms with Gasteiger partial charge in [-0.25, -0.2) is 0 Å². The van der Waals surface area contributed by atoms with Crippen LogP contribution in [0.3, 0.4) is 0 Å². The van der Waals surface area contributed by atoms with Crippen LogP contribution in [0.2, 0.25) is 0 Å². The van der Waals surface area contributed by atoms with Gasteiger partial charge < -0.3 is 5.32 Å². The Morgan fingerprint density at radius 1 is 1.35 bits per heavy atom. The number of amides is 1.